The van der Waals surface area contributed by atoms with Gasteiger partial charge >= 0.3 is 0 Å². The highest BCUT2D eigenvalue weighted by Crippen LogP contribution is 2.55. The second-order valence-electron chi connectivity index (χ2n) is 10.4. The number of aliphatic imine (C=N–C) groups is 2. The first kappa shape index (κ1) is 24.1. The van der Waals surface area contributed by atoms with Crippen LogP contribution < -0.4 is 5.32 Å². The summed E-state index contributed by atoms with van der Waals surface area (Å²) in [5.74, 6) is 3.96. The van der Waals surface area contributed by atoms with Gasteiger partial charge in [-0.05, 0) is 74.5 Å². The Hall–Kier alpha value is -0.0400. The molecule has 0 amide bonds. The molecule has 0 unspecified atom stereocenters. The summed E-state index contributed by atoms with van der Waals surface area (Å²) in [7, 11) is 0. The number of thioether (sulfide) groups is 2. The van der Waals surface area contributed by atoms with Gasteiger partial charge in [0.25, 0.3) is 0 Å². The van der Waals surface area contributed by atoms with E-state index in [1.165, 1.54) is 86.7 Å². The molecule has 0 aromatic carbocycles. The van der Waals surface area contributed by atoms with E-state index in [0.717, 1.165) is 36.6 Å². The van der Waals surface area contributed by atoms with Crippen molar-refractivity contribution < 1.29 is 0 Å². The lowest BCUT2D eigenvalue weighted by Gasteiger charge is -2.57. The van der Waals surface area contributed by atoms with Gasteiger partial charge in [0.05, 0.1) is 12.6 Å². The second kappa shape index (κ2) is 10.1. The zero-order chi connectivity index (χ0) is 19.3. The highest BCUT2D eigenvalue weighted by Gasteiger charge is 2.51. The molecule has 2 aliphatic heterocycles. The lowest BCUT2D eigenvalue weighted by atomic mass is 9.53. The number of fused-ring (bicyclic) bond motifs is 1. The highest BCUT2D eigenvalue weighted by molar-refractivity contribution is 8.17. The molecule has 5 fully saturated rings. The third kappa shape index (κ3) is 5.07. The predicted molar refractivity (Wildman–Crippen MR) is 140 cm³/mol. The average Bonchev–Trinajstić information content (AvgIpc) is 3.30. The number of nitrogens with zero attached hydrogens (tertiary/aromatic N) is 3. The minimum atomic E-state index is 0. The monoisotopic (exact) mass is 502 g/mol. The Morgan fingerprint density at radius 2 is 1.77 bits per heavy atom. The number of hydrogen-bond donors (Lipinski definition) is 1. The third-order valence-corrected chi connectivity index (χ3v) is 9.96. The summed E-state index contributed by atoms with van der Waals surface area (Å²) in [5, 5.41) is 8.90. The summed E-state index contributed by atoms with van der Waals surface area (Å²) >= 11 is 3.77. The van der Waals surface area contributed by atoms with Crippen LogP contribution in [-0.4, -0.2) is 45.7 Å². The van der Waals surface area contributed by atoms with Gasteiger partial charge in [0.2, 0.25) is 0 Å². The Balaban J connectivity index is 0.00000116. The summed E-state index contributed by atoms with van der Waals surface area (Å²) in [4.78, 5) is 12.4. The molecule has 0 atom stereocenters. The van der Waals surface area contributed by atoms with Gasteiger partial charge in [0.1, 0.15) is 0 Å². The van der Waals surface area contributed by atoms with Gasteiger partial charge in [-0.15, -0.1) is 24.8 Å². The Bertz CT molecular complexity index is 713. The van der Waals surface area contributed by atoms with Gasteiger partial charge in [-0.1, -0.05) is 42.8 Å². The van der Waals surface area contributed by atoms with Crippen LogP contribution in [-0.2, 0) is 0 Å². The third-order valence-electron chi connectivity index (χ3n) is 8.09. The molecular weight excluding hydrogens is 467 g/mol. The SMILES string of the molecule is C1=C(CSC(=NC2CCCCC2)NC23CC4CC(CC(C4)C2)C3)N2CCN=C2S1.Cl.Cl. The van der Waals surface area contributed by atoms with Crippen LogP contribution >= 0.6 is 48.3 Å². The summed E-state index contributed by atoms with van der Waals surface area (Å²) in [6.45, 7) is 2.02. The molecule has 2 heterocycles. The maximum Gasteiger partial charge on any atom is 0.167 e. The molecule has 4 nitrogen and oxygen atoms in total. The van der Waals surface area contributed by atoms with Crippen molar-refractivity contribution in [2.45, 2.75) is 82.2 Å². The van der Waals surface area contributed by atoms with E-state index in [0.29, 0.717) is 11.6 Å². The van der Waals surface area contributed by atoms with Crippen LogP contribution in [0.25, 0.3) is 0 Å². The molecule has 0 aromatic rings. The smallest absolute Gasteiger partial charge is 0.167 e. The van der Waals surface area contributed by atoms with E-state index in [4.69, 9.17) is 4.99 Å². The quantitative estimate of drug-likeness (QED) is 0.373. The second-order valence-corrected chi connectivity index (χ2v) is 12.2. The fourth-order valence-electron chi connectivity index (χ4n) is 7.20. The van der Waals surface area contributed by atoms with E-state index in [1.807, 2.05) is 11.8 Å². The molecule has 7 rings (SSSR count). The maximum atomic E-state index is 5.34. The molecule has 1 N–H and O–H groups in total. The summed E-state index contributed by atoms with van der Waals surface area (Å²) in [6.07, 6.45) is 15.4. The molecule has 0 saturated heterocycles. The normalized spacial score (nSPS) is 36.5. The molecule has 174 valence electrons. The summed E-state index contributed by atoms with van der Waals surface area (Å²) in [6, 6.07) is 0.545. The highest BCUT2D eigenvalue weighted by atomic mass is 35.5. The van der Waals surface area contributed by atoms with Crippen LogP contribution in [0.15, 0.2) is 21.1 Å². The fraction of sp³-hybridized carbons (Fsp3) is 0.826. The average molecular weight is 504 g/mol. The van der Waals surface area contributed by atoms with Crippen molar-refractivity contribution >= 4 is 58.7 Å². The lowest BCUT2D eigenvalue weighted by Crippen LogP contribution is -2.59. The van der Waals surface area contributed by atoms with E-state index < -0.39 is 0 Å². The Morgan fingerprint density at radius 1 is 1.10 bits per heavy atom. The van der Waals surface area contributed by atoms with Crippen LogP contribution in [0.1, 0.15) is 70.6 Å². The van der Waals surface area contributed by atoms with E-state index >= 15 is 0 Å². The molecule has 0 spiro atoms. The van der Waals surface area contributed by atoms with E-state index in [-0.39, 0.29) is 24.8 Å². The first-order valence-corrected chi connectivity index (χ1v) is 13.8. The topological polar surface area (TPSA) is 40.0 Å². The summed E-state index contributed by atoms with van der Waals surface area (Å²) in [5.41, 5.74) is 1.79. The van der Waals surface area contributed by atoms with Crippen molar-refractivity contribution in [1.29, 1.82) is 0 Å². The largest absolute Gasteiger partial charge is 0.359 e. The fourth-order valence-corrected chi connectivity index (χ4v) is 9.30. The van der Waals surface area contributed by atoms with Gasteiger partial charge in [0.15, 0.2) is 10.3 Å². The van der Waals surface area contributed by atoms with Crippen molar-refractivity contribution in [1.82, 2.24) is 10.2 Å². The Morgan fingerprint density at radius 3 is 2.45 bits per heavy atom. The summed E-state index contributed by atoms with van der Waals surface area (Å²) < 4.78 is 0. The van der Waals surface area contributed by atoms with Crippen LogP contribution in [0.4, 0.5) is 0 Å². The van der Waals surface area contributed by atoms with Gasteiger partial charge in [-0.2, -0.15) is 0 Å². The van der Waals surface area contributed by atoms with Gasteiger partial charge in [0, 0.05) is 23.5 Å². The first-order chi connectivity index (χ1) is 14.2. The van der Waals surface area contributed by atoms with Crippen molar-refractivity contribution in [2.24, 2.45) is 27.7 Å². The molecule has 31 heavy (non-hydrogen) atoms. The van der Waals surface area contributed by atoms with Crippen LogP contribution in [0, 0.1) is 17.8 Å². The molecule has 5 saturated carbocycles. The Kier molecular flexibility index (Phi) is 7.82. The van der Waals surface area contributed by atoms with Crippen molar-refractivity contribution in [3.63, 3.8) is 0 Å². The molecule has 4 bridgehead atoms. The maximum absolute atomic E-state index is 5.34. The number of halogens is 2. The van der Waals surface area contributed by atoms with Gasteiger partial charge < -0.3 is 10.2 Å². The van der Waals surface area contributed by atoms with Crippen LogP contribution in [0.2, 0.25) is 0 Å². The van der Waals surface area contributed by atoms with E-state index in [1.54, 1.807) is 11.8 Å². The van der Waals surface area contributed by atoms with Crippen LogP contribution in [0.3, 0.4) is 0 Å². The number of nitrogens with one attached hydrogen (secondary N) is 1. The minimum absolute atomic E-state index is 0. The number of rotatable bonds is 4. The van der Waals surface area contributed by atoms with Crippen LogP contribution in [0.5, 0.6) is 0 Å². The van der Waals surface area contributed by atoms with Gasteiger partial charge in [-0.25, -0.2) is 0 Å². The molecule has 0 radical (unpaired) electrons. The molecule has 5 aliphatic carbocycles. The van der Waals surface area contributed by atoms with Gasteiger partial charge in [-0.3, -0.25) is 9.98 Å². The van der Waals surface area contributed by atoms with Crippen molar-refractivity contribution in [3.8, 4) is 0 Å². The number of amidine groups is 2. The predicted octanol–water partition coefficient (Wildman–Crippen LogP) is 6.07. The standard InChI is InChI=1S/C23H34N4S2.2ClH/c1-2-4-19(5-3-1)25-21(28-14-20-15-29-22-24-6-7-27(20)22)26-23-11-16-8-17(12-23)10-18(9-16)13-23;;/h15-19H,1-14H2,(H,25,26);2*1H. The van der Waals surface area contributed by atoms with Crippen molar-refractivity contribution in [3.05, 3.63) is 11.1 Å². The zero-order valence-electron chi connectivity index (χ0n) is 18.3. The molecule has 0 aromatic heterocycles. The first-order valence-electron chi connectivity index (χ1n) is 11.9. The Labute approximate surface area is 208 Å². The zero-order valence-corrected chi connectivity index (χ0v) is 21.5. The molecule has 8 heteroatoms. The minimum Gasteiger partial charge on any atom is -0.359 e. The molecular formula is C23H36Cl2N4S2. The number of hydrogen-bond acceptors (Lipinski definition) is 5. The molecule has 7 aliphatic rings. The lowest BCUT2D eigenvalue weighted by molar-refractivity contribution is -0.00968. The van der Waals surface area contributed by atoms with Crippen molar-refractivity contribution in [2.75, 3.05) is 18.8 Å². The van der Waals surface area contributed by atoms with E-state index in [9.17, 15) is 0 Å². The van der Waals surface area contributed by atoms with E-state index in [2.05, 4.69) is 20.6 Å².